The molecule has 3 heteroatoms. The molecule has 74 valence electrons. The third kappa shape index (κ3) is 0.957. The first kappa shape index (κ1) is 8.68. The summed E-state index contributed by atoms with van der Waals surface area (Å²) in [5.41, 5.74) is 10.5. The molecule has 1 heterocycles. The van der Waals surface area contributed by atoms with E-state index in [9.17, 15) is 4.79 Å². The molecule has 1 aliphatic rings. The Morgan fingerprint density at radius 2 is 2.00 bits per heavy atom. The minimum absolute atomic E-state index is 0.0717. The molecule has 2 N–H and O–H groups in total. The second-order valence-electron chi connectivity index (χ2n) is 3.72. The minimum Gasteiger partial charge on any atom is -0.390 e. The minimum atomic E-state index is 0.0717. The van der Waals surface area contributed by atoms with Gasteiger partial charge in [-0.05, 0) is 18.1 Å². The van der Waals surface area contributed by atoms with Crippen molar-refractivity contribution in [2.24, 2.45) is 0 Å². The van der Waals surface area contributed by atoms with Crippen molar-refractivity contribution in [1.29, 1.82) is 0 Å². The molecule has 1 aromatic carbocycles. The molecule has 2 nitrogen and oxygen atoms in total. The van der Waals surface area contributed by atoms with Gasteiger partial charge in [0.1, 0.15) is 0 Å². The number of nitrogen functional groups attached to an aromatic ring is 1. The summed E-state index contributed by atoms with van der Waals surface area (Å²) in [6.45, 7) is 2.02. The van der Waals surface area contributed by atoms with Gasteiger partial charge in [0.25, 0.3) is 0 Å². The molecule has 1 aromatic heterocycles. The SMILES string of the molecule is Cc1cccc2c1-c1csc(N)c1C2=O. The van der Waals surface area contributed by atoms with Crippen molar-refractivity contribution in [1.82, 2.24) is 0 Å². The van der Waals surface area contributed by atoms with Gasteiger partial charge in [-0.2, -0.15) is 0 Å². The molecule has 0 saturated heterocycles. The average molecular weight is 215 g/mol. The zero-order valence-corrected chi connectivity index (χ0v) is 9.02. The summed E-state index contributed by atoms with van der Waals surface area (Å²) in [5, 5.41) is 2.60. The number of hydrogen-bond acceptors (Lipinski definition) is 3. The van der Waals surface area contributed by atoms with Crippen LogP contribution in [0.3, 0.4) is 0 Å². The number of anilines is 1. The van der Waals surface area contributed by atoms with Gasteiger partial charge in [-0.25, -0.2) is 0 Å². The maximum atomic E-state index is 12.0. The van der Waals surface area contributed by atoms with E-state index < -0.39 is 0 Å². The molecule has 0 amide bonds. The number of hydrogen-bond donors (Lipinski definition) is 1. The number of fused-ring (bicyclic) bond motifs is 3. The molecule has 1 aliphatic carbocycles. The molecule has 0 unspecified atom stereocenters. The van der Waals surface area contributed by atoms with Crippen LogP contribution in [0.4, 0.5) is 5.00 Å². The molecular weight excluding hydrogens is 206 g/mol. The number of aryl methyl sites for hydroxylation is 1. The summed E-state index contributed by atoms with van der Waals surface area (Å²) in [4.78, 5) is 12.0. The lowest BCUT2D eigenvalue weighted by molar-refractivity contribution is 0.104. The quantitative estimate of drug-likeness (QED) is 0.626. The summed E-state index contributed by atoms with van der Waals surface area (Å²) < 4.78 is 0. The van der Waals surface area contributed by atoms with Crippen molar-refractivity contribution in [3.05, 3.63) is 40.3 Å². The first-order valence-corrected chi connectivity index (χ1v) is 5.59. The Bertz CT molecular complexity index is 583. The number of thiophene rings is 1. The van der Waals surface area contributed by atoms with Gasteiger partial charge in [-0.3, -0.25) is 4.79 Å². The number of rotatable bonds is 0. The van der Waals surface area contributed by atoms with E-state index in [0.29, 0.717) is 10.6 Å². The average Bonchev–Trinajstić information content (AvgIpc) is 2.70. The predicted molar refractivity (Wildman–Crippen MR) is 62.3 cm³/mol. The van der Waals surface area contributed by atoms with Crippen LogP contribution in [-0.4, -0.2) is 5.78 Å². The lowest BCUT2D eigenvalue weighted by Gasteiger charge is -2.01. The third-order valence-electron chi connectivity index (χ3n) is 2.83. The predicted octanol–water partition coefficient (Wildman–Crippen LogP) is 2.85. The molecule has 2 aromatic rings. The zero-order valence-electron chi connectivity index (χ0n) is 8.20. The van der Waals surface area contributed by atoms with Crippen LogP contribution in [0.15, 0.2) is 23.6 Å². The summed E-state index contributed by atoms with van der Waals surface area (Å²) in [6.07, 6.45) is 0. The van der Waals surface area contributed by atoms with E-state index in [2.05, 4.69) is 0 Å². The highest BCUT2D eigenvalue weighted by molar-refractivity contribution is 7.15. The van der Waals surface area contributed by atoms with Crippen molar-refractivity contribution >= 4 is 22.1 Å². The van der Waals surface area contributed by atoms with Gasteiger partial charge in [-0.1, -0.05) is 18.2 Å². The van der Waals surface area contributed by atoms with Crippen molar-refractivity contribution < 1.29 is 4.79 Å². The van der Waals surface area contributed by atoms with Crippen LogP contribution in [-0.2, 0) is 0 Å². The van der Waals surface area contributed by atoms with Crippen molar-refractivity contribution in [3.63, 3.8) is 0 Å². The summed E-state index contributed by atoms with van der Waals surface area (Å²) >= 11 is 1.44. The topological polar surface area (TPSA) is 43.1 Å². The van der Waals surface area contributed by atoms with Crippen LogP contribution in [0, 0.1) is 6.92 Å². The fraction of sp³-hybridized carbons (Fsp3) is 0.0833. The monoisotopic (exact) mass is 215 g/mol. The highest BCUT2D eigenvalue weighted by Gasteiger charge is 2.30. The maximum Gasteiger partial charge on any atom is 0.197 e. The molecule has 0 bridgehead atoms. The van der Waals surface area contributed by atoms with E-state index in [-0.39, 0.29) is 5.78 Å². The van der Waals surface area contributed by atoms with Crippen LogP contribution < -0.4 is 5.73 Å². The van der Waals surface area contributed by atoms with E-state index in [0.717, 1.165) is 22.3 Å². The number of nitrogens with two attached hydrogens (primary N) is 1. The molecule has 0 fully saturated rings. The van der Waals surface area contributed by atoms with E-state index in [1.165, 1.54) is 11.3 Å². The molecule has 0 radical (unpaired) electrons. The van der Waals surface area contributed by atoms with Crippen LogP contribution in [0.1, 0.15) is 21.5 Å². The normalized spacial score (nSPS) is 12.7. The highest BCUT2D eigenvalue weighted by atomic mass is 32.1. The molecule has 3 rings (SSSR count). The standard InChI is InChI=1S/C12H9NOS/c1-6-3-2-4-7-9(6)8-5-15-12(13)10(8)11(7)14/h2-5H,13H2,1H3. The largest absolute Gasteiger partial charge is 0.390 e. The van der Waals surface area contributed by atoms with Gasteiger partial charge >= 0.3 is 0 Å². The number of benzene rings is 1. The van der Waals surface area contributed by atoms with Gasteiger partial charge in [0, 0.05) is 16.5 Å². The first-order valence-electron chi connectivity index (χ1n) is 4.72. The molecule has 0 atom stereocenters. The molecule has 0 aliphatic heterocycles. The number of carbonyl (C=O) groups is 1. The van der Waals surface area contributed by atoms with Gasteiger partial charge in [0.05, 0.1) is 10.6 Å². The van der Waals surface area contributed by atoms with Crippen LogP contribution in [0.5, 0.6) is 0 Å². The summed E-state index contributed by atoms with van der Waals surface area (Å²) in [7, 11) is 0. The summed E-state index contributed by atoms with van der Waals surface area (Å²) in [5.74, 6) is 0.0717. The zero-order chi connectivity index (χ0) is 10.6. The van der Waals surface area contributed by atoms with Gasteiger partial charge in [0.2, 0.25) is 0 Å². The van der Waals surface area contributed by atoms with Crippen LogP contribution in [0.25, 0.3) is 11.1 Å². The first-order chi connectivity index (χ1) is 7.20. The lowest BCUT2D eigenvalue weighted by Crippen LogP contribution is -1.97. The summed E-state index contributed by atoms with van der Waals surface area (Å²) in [6, 6.07) is 5.81. The van der Waals surface area contributed by atoms with E-state index in [1.807, 2.05) is 30.5 Å². The Balaban J connectivity index is 2.45. The Morgan fingerprint density at radius 3 is 2.80 bits per heavy atom. The van der Waals surface area contributed by atoms with Gasteiger partial charge in [-0.15, -0.1) is 11.3 Å². The van der Waals surface area contributed by atoms with Crippen molar-refractivity contribution in [2.45, 2.75) is 6.92 Å². The number of ketones is 1. The Morgan fingerprint density at radius 1 is 1.20 bits per heavy atom. The van der Waals surface area contributed by atoms with E-state index in [1.54, 1.807) is 0 Å². The highest BCUT2D eigenvalue weighted by Crippen LogP contribution is 2.44. The van der Waals surface area contributed by atoms with Crippen LogP contribution in [0.2, 0.25) is 0 Å². The van der Waals surface area contributed by atoms with Gasteiger partial charge in [0.15, 0.2) is 5.78 Å². The fourth-order valence-corrected chi connectivity index (χ4v) is 2.94. The lowest BCUT2D eigenvalue weighted by atomic mass is 10.0. The van der Waals surface area contributed by atoms with E-state index >= 15 is 0 Å². The number of carbonyl (C=O) groups excluding carboxylic acids is 1. The third-order valence-corrected chi connectivity index (χ3v) is 3.64. The fourth-order valence-electron chi connectivity index (χ4n) is 2.14. The smallest absolute Gasteiger partial charge is 0.197 e. The molecule has 15 heavy (non-hydrogen) atoms. The Kier molecular flexibility index (Phi) is 1.56. The van der Waals surface area contributed by atoms with E-state index in [4.69, 9.17) is 5.73 Å². The maximum absolute atomic E-state index is 12.0. The van der Waals surface area contributed by atoms with Gasteiger partial charge < -0.3 is 5.73 Å². The Labute approximate surface area is 91.4 Å². The van der Waals surface area contributed by atoms with Crippen molar-refractivity contribution in [2.75, 3.05) is 5.73 Å². The van der Waals surface area contributed by atoms with Crippen molar-refractivity contribution in [3.8, 4) is 11.1 Å². The molecular formula is C12H9NOS. The van der Waals surface area contributed by atoms with Crippen LogP contribution >= 0.6 is 11.3 Å². The molecule has 0 spiro atoms. The Hall–Kier alpha value is -1.61. The molecule has 0 saturated carbocycles. The second-order valence-corrected chi connectivity index (χ2v) is 4.63. The second kappa shape index (κ2) is 2.70.